The van der Waals surface area contributed by atoms with Crippen molar-refractivity contribution in [2.45, 2.75) is 12.8 Å². The highest BCUT2D eigenvalue weighted by Gasteiger charge is 2.14. The minimum atomic E-state index is -0.871. The van der Waals surface area contributed by atoms with Gasteiger partial charge in [-0.15, -0.1) is 0 Å². The summed E-state index contributed by atoms with van der Waals surface area (Å²) in [5.74, 6) is 1.55. The van der Waals surface area contributed by atoms with E-state index in [2.05, 4.69) is 18.4 Å². The molecule has 0 bridgehead atoms. The Morgan fingerprint density at radius 2 is 1.37 bits per heavy atom. The van der Waals surface area contributed by atoms with Crippen LogP contribution in [-0.4, -0.2) is 6.61 Å². The van der Waals surface area contributed by atoms with Crippen molar-refractivity contribution in [3.63, 3.8) is 0 Å². The first-order valence-corrected chi connectivity index (χ1v) is 10.7. The predicted octanol–water partition coefficient (Wildman–Crippen LogP) is 7.29. The van der Waals surface area contributed by atoms with Gasteiger partial charge >= 0.3 is 0 Å². The molecule has 0 aliphatic rings. The van der Waals surface area contributed by atoms with Gasteiger partial charge in [0, 0.05) is 23.3 Å². The molecule has 1 nitrogen and oxygen atoms in total. The molecule has 4 aromatic rings. The Kier molecular flexibility index (Phi) is 7.17. The zero-order valence-corrected chi connectivity index (χ0v) is 18.5. The summed E-state index contributed by atoms with van der Waals surface area (Å²) in [6.07, 6.45) is 1.37. The second-order valence-electron chi connectivity index (χ2n) is 7.86. The fourth-order valence-electron chi connectivity index (χ4n) is 3.64. The maximum atomic E-state index is 14.6. The fourth-order valence-corrected chi connectivity index (χ4v) is 3.64. The average Bonchev–Trinajstić information content (AvgIpc) is 2.81. The molecule has 0 spiro atoms. The van der Waals surface area contributed by atoms with Crippen LogP contribution in [0.5, 0.6) is 5.75 Å². The first kappa shape index (κ1) is 24.0. The third-order valence-corrected chi connectivity index (χ3v) is 5.38. The van der Waals surface area contributed by atoms with Crippen molar-refractivity contribution in [1.29, 1.82) is 0 Å². The van der Waals surface area contributed by atoms with Gasteiger partial charge < -0.3 is 4.74 Å². The lowest BCUT2D eigenvalue weighted by atomic mass is 10.0. The third-order valence-electron chi connectivity index (χ3n) is 5.38. The molecular formula is C29H19F5O. The first-order chi connectivity index (χ1) is 16.8. The van der Waals surface area contributed by atoms with E-state index in [1.165, 1.54) is 18.2 Å². The summed E-state index contributed by atoms with van der Waals surface area (Å²) in [5, 5.41) is 1.43. The van der Waals surface area contributed by atoms with Crippen molar-refractivity contribution in [3.8, 4) is 17.6 Å². The van der Waals surface area contributed by atoms with Crippen LogP contribution in [0.3, 0.4) is 0 Å². The number of halogens is 5. The molecule has 0 aliphatic carbocycles. The number of ether oxygens (including phenoxy) is 1. The zero-order chi connectivity index (χ0) is 24.9. The number of rotatable bonds is 6. The standard InChI is InChI=1S/C29H19F5O/c1-2-11-35-23-16-28(33)25(29(34)17-23)10-5-19-13-26(31)24(27(32)14-19)9-4-18-3-6-21-15-22(30)8-7-20(21)12-18/h2-3,6-8,12-17H,1,5,10-11H2. The monoisotopic (exact) mass is 478 g/mol. The van der Waals surface area contributed by atoms with E-state index in [-0.39, 0.29) is 42.1 Å². The molecule has 176 valence electrons. The SMILES string of the molecule is C=CCOc1cc(F)c(CCc2cc(F)c(C#Cc3ccc4cc(F)ccc4c3)c(F)c2)c(F)c1. The minimum Gasteiger partial charge on any atom is -0.489 e. The van der Waals surface area contributed by atoms with Crippen LogP contribution in [0, 0.1) is 40.9 Å². The molecule has 0 unspecified atom stereocenters. The summed E-state index contributed by atoms with van der Waals surface area (Å²) in [7, 11) is 0. The van der Waals surface area contributed by atoms with E-state index >= 15 is 0 Å². The average molecular weight is 478 g/mol. The topological polar surface area (TPSA) is 9.23 Å². The molecule has 0 N–H and O–H groups in total. The predicted molar refractivity (Wildman–Crippen MR) is 126 cm³/mol. The zero-order valence-electron chi connectivity index (χ0n) is 18.5. The molecule has 35 heavy (non-hydrogen) atoms. The van der Waals surface area contributed by atoms with Crippen LogP contribution in [0.15, 0.2) is 73.3 Å². The van der Waals surface area contributed by atoms with Gasteiger partial charge in [-0.1, -0.05) is 36.6 Å². The van der Waals surface area contributed by atoms with Gasteiger partial charge in [0.15, 0.2) is 0 Å². The lowest BCUT2D eigenvalue weighted by Gasteiger charge is -2.09. The summed E-state index contributed by atoms with van der Waals surface area (Å²) in [6, 6.07) is 13.6. The first-order valence-electron chi connectivity index (χ1n) is 10.7. The van der Waals surface area contributed by atoms with Gasteiger partial charge in [0.2, 0.25) is 0 Å². The molecule has 0 radical (unpaired) electrons. The van der Waals surface area contributed by atoms with Crippen LogP contribution >= 0.6 is 0 Å². The van der Waals surface area contributed by atoms with Crippen LogP contribution in [0.1, 0.15) is 22.3 Å². The summed E-state index contributed by atoms with van der Waals surface area (Å²) in [5.41, 5.74) is 0.147. The van der Waals surface area contributed by atoms with Gasteiger partial charge in [-0.25, -0.2) is 22.0 Å². The van der Waals surface area contributed by atoms with Crippen molar-refractivity contribution in [1.82, 2.24) is 0 Å². The number of hydrogen-bond donors (Lipinski definition) is 0. The molecule has 0 heterocycles. The molecule has 6 heteroatoms. The van der Waals surface area contributed by atoms with Crippen LogP contribution in [0.25, 0.3) is 10.8 Å². The van der Waals surface area contributed by atoms with E-state index in [4.69, 9.17) is 4.74 Å². The van der Waals surface area contributed by atoms with E-state index in [1.54, 1.807) is 24.3 Å². The van der Waals surface area contributed by atoms with Crippen molar-refractivity contribution in [2.75, 3.05) is 6.61 Å². The van der Waals surface area contributed by atoms with Crippen molar-refractivity contribution in [3.05, 3.63) is 125 Å². The quantitative estimate of drug-likeness (QED) is 0.161. The van der Waals surface area contributed by atoms with E-state index in [1.807, 2.05) is 0 Å². The second kappa shape index (κ2) is 10.4. The molecule has 0 saturated heterocycles. The van der Waals surface area contributed by atoms with Crippen LogP contribution in [0.2, 0.25) is 0 Å². The molecule has 4 rings (SSSR count). The Morgan fingerprint density at radius 3 is 2.06 bits per heavy atom. The molecule has 0 amide bonds. The van der Waals surface area contributed by atoms with Gasteiger partial charge in [-0.3, -0.25) is 0 Å². The Labute approximate surface area is 199 Å². The molecule has 4 aromatic carbocycles. The Morgan fingerprint density at radius 1 is 0.714 bits per heavy atom. The van der Waals surface area contributed by atoms with E-state index in [0.717, 1.165) is 29.7 Å². The minimum absolute atomic E-state index is 0.0173. The van der Waals surface area contributed by atoms with Gasteiger partial charge in [0.05, 0.1) is 5.56 Å². The third kappa shape index (κ3) is 5.70. The number of benzene rings is 4. The van der Waals surface area contributed by atoms with Crippen molar-refractivity contribution < 1.29 is 26.7 Å². The highest BCUT2D eigenvalue weighted by atomic mass is 19.1. The smallest absolute Gasteiger partial charge is 0.142 e. The molecular weight excluding hydrogens is 459 g/mol. The largest absolute Gasteiger partial charge is 0.489 e. The number of hydrogen-bond acceptors (Lipinski definition) is 1. The van der Waals surface area contributed by atoms with Crippen LogP contribution < -0.4 is 4.74 Å². The number of fused-ring (bicyclic) bond motifs is 1. The van der Waals surface area contributed by atoms with Crippen LogP contribution in [-0.2, 0) is 12.8 Å². The Balaban J connectivity index is 1.51. The molecule has 0 fully saturated rings. The summed E-state index contributed by atoms with van der Waals surface area (Å²) >= 11 is 0. The van der Waals surface area contributed by atoms with E-state index in [9.17, 15) is 22.0 Å². The summed E-state index contributed by atoms with van der Waals surface area (Å²) in [6.45, 7) is 3.57. The molecule has 0 saturated carbocycles. The van der Waals surface area contributed by atoms with Gasteiger partial charge in [-0.2, -0.15) is 0 Å². The Bertz CT molecular complexity index is 1430. The van der Waals surface area contributed by atoms with E-state index in [0.29, 0.717) is 10.9 Å². The fraction of sp³-hybridized carbons (Fsp3) is 0.103. The normalized spacial score (nSPS) is 10.7. The van der Waals surface area contributed by atoms with Crippen molar-refractivity contribution in [2.24, 2.45) is 0 Å². The van der Waals surface area contributed by atoms with Gasteiger partial charge in [-0.05, 0) is 65.6 Å². The highest BCUT2D eigenvalue weighted by molar-refractivity contribution is 5.84. The summed E-state index contributed by atoms with van der Waals surface area (Å²) < 4.78 is 76.3. The molecule has 0 aliphatic heterocycles. The number of aryl methyl sites for hydroxylation is 1. The lowest BCUT2D eigenvalue weighted by Crippen LogP contribution is -2.03. The Hall–Kier alpha value is -4.11. The van der Waals surface area contributed by atoms with E-state index < -0.39 is 28.8 Å². The maximum absolute atomic E-state index is 14.6. The van der Waals surface area contributed by atoms with Crippen LogP contribution in [0.4, 0.5) is 22.0 Å². The maximum Gasteiger partial charge on any atom is 0.142 e. The molecule has 0 atom stereocenters. The van der Waals surface area contributed by atoms with Gasteiger partial charge in [0.1, 0.15) is 41.4 Å². The highest BCUT2D eigenvalue weighted by Crippen LogP contribution is 2.24. The van der Waals surface area contributed by atoms with Gasteiger partial charge in [0.25, 0.3) is 0 Å². The second-order valence-corrected chi connectivity index (χ2v) is 7.86. The van der Waals surface area contributed by atoms with Crippen molar-refractivity contribution >= 4 is 10.8 Å². The summed E-state index contributed by atoms with van der Waals surface area (Å²) in [4.78, 5) is 0. The lowest BCUT2D eigenvalue weighted by molar-refractivity contribution is 0.357. The molecule has 0 aromatic heterocycles.